The molecule has 0 bridgehead atoms. The van der Waals surface area contributed by atoms with Crippen LogP contribution >= 0.6 is 0 Å². The molecule has 2 N–H and O–H groups in total. The van der Waals surface area contributed by atoms with Gasteiger partial charge in [0.05, 0.1) is 19.7 Å². The Balaban J connectivity index is 1.31. The summed E-state index contributed by atoms with van der Waals surface area (Å²) in [7, 11) is 2.92. The molecule has 0 atom stereocenters. The number of anilines is 2. The first-order valence-corrected chi connectivity index (χ1v) is 11.6. The number of hydrogen-bond acceptors (Lipinski definition) is 7. The van der Waals surface area contributed by atoms with Crippen molar-refractivity contribution in [2.45, 2.75) is 12.8 Å². The quantitative estimate of drug-likeness (QED) is 0.312. The van der Waals surface area contributed by atoms with Gasteiger partial charge in [0, 0.05) is 35.8 Å². The minimum absolute atomic E-state index is 0.109. The van der Waals surface area contributed by atoms with Crippen molar-refractivity contribution in [2.24, 2.45) is 5.41 Å². The Morgan fingerprint density at radius 3 is 2.16 bits per heavy atom. The van der Waals surface area contributed by atoms with Gasteiger partial charge in [0.15, 0.2) is 23.1 Å². The Kier molecular flexibility index (Phi) is 6.50. The number of carbonyl (C=O) groups excluding carboxylic acids is 2. The molecule has 194 valence electrons. The molecule has 5 rings (SSSR count). The molecule has 0 spiro atoms. The summed E-state index contributed by atoms with van der Waals surface area (Å²) >= 11 is 0. The summed E-state index contributed by atoms with van der Waals surface area (Å²) < 4.78 is 44.3. The molecule has 0 unspecified atom stereocenters. The number of fused-ring (bicyclic) bond motifs is 1. The van der Waals surface area contributed by atoms with E-state index in [1.165, 1.54) is 62.9 Å². The second-order valence-electron chi connectivity index (χ2n) is 8.62. The van der Waals surface area contributed by atoms with E-state index in [1.54, 1.807) is 6.07 Å². The number of ether oxygens (including phenoxy) is 3. The molecule has 11 heteroatoms. The maximum Gasteiger partial charge on any atom is 0.257 e. The molecule has 0 aliphatic heterocycles. The predicted octanol–water partition coefficient (Wildman–Crippen LogP) is 5.07. The average molecular weight is 520 g/mol. The van der Waals surface area contributed by atoms with E-state index in [-0.39, 0.29) is 23.1 Å². The highest BCUT2D eigenvalue weighted by molar-refractivity contribution is 6.16. The Morgan fingerprint density at radius 2 is 1.53 bits per heavy atom. The summed E-state index contributed by atoms with van der Waals surface area (Å²) in [6, 6.07) is 12.3. The molecular weight excluding hydrogens is 498 g/mol. The minimum atomic E-state index is -1.28. The van der Waals surface area contributed by atoms with E-state index in [9.17, 15) is 18.4 Å². The lowest BCUT2D eigenvalue weighted by molar-refractivity contribution is -0.131. The monoisotopic (exact) mass is 520 g/mol. The van der Waals surface area contributed by atoms with E-state index in [2.05, 4.69) is 20.6 Å². The van der Waals surface area contributed by atoms with E-state index < -0.39 is 28.9 Å². The molecule has 0 radical (unpaired) electrons. The van der Waals surface area contributed by atoms with Gasteiger partial charge in [-0.2, -0.15) is 0 Å². The van der Waals surface area contributed by atoms with Gasteiger partial charge in [-0.1, -0.05) is 0 Å². The first-order valence-electron chi connectivity index (χ1n) is 11.6. The molecule has 2 aromatic carbocycles. The number of methoxy groups -OCH3 is 2. The normalized spacial score (nSPS) is 13.5. The molecule has 0 saturated heterocycles. The summed E-state index contributed by atoms with van der Waals surface area (Å²) in [6.07, 6.45) is 2.17. The van der Waals surface area contributed by atoms with Gasteiger partial charge in [0.2, 0.25) is 11.8 Å². The Morgan fingerprint density at radius 1 is 0.842 bits per heavy atom. The van der Waals surface area contributed by atoms with Crippen LogP contribution in [0.15, 0.2) is 60.8 Å². The van der Waals surface area contributed by atoms with E-state index in [1.807, 2.05) is 0 Å². The van der Waals surface area contributed by atoms with Gasteiger partial charge in [-0.3, -0.25) is 14.6 Å². The standard InChI is InChI=1S/C27H22F2N4O5/c1-36-22-14-19-23(33-24(22)37-2)21(9-12-30-19)38-20-8-7-17(13-18(20)29)32-26(35)27(10-11-27)25(34)31-16-5-3-15(28)4-6-16/h3-9,12-14H,10-11H2,1-2H3,(H,31,34)(H,32,35). The number of pyridine rings is 2. The number of aromatic nitrogens is 2. The van der Waals surface area contributed by atoms with Crippen molar-refractivity contribution in [3.05, 3.63) is 72.4 Å². The van der Waals surface area contributed by atoms with E-state index >= 15 is 0 Å². The van der Waals surface area contributed by atoms with Crippen molar-refractivity contribution in [2.75, 3.05) is 24.9 Å². The van der Waals surface area contributed by atoms with Crippen LogP contribution in [0.1, 0.15) is 12.8 Å². The third-order valence-electron chi connectivity index (χ3n) is 6.15. The van der Waals surface area contributed by atoms with Crippen molar-refractivity contribution in [3.63, 3.8) is 0 Å². The van der Waals surface area contributed by atoms with Gasteiger partial charge >= 0.3 is 0 Å². The number of carbonyl (C=O) groups is 2. The van der Waals surface area contributed by atoms with Gasteiger partial charge in [-0.05, 0) is 49.2 Å². The van der Waals surface area contributed by atoms with Gasteiger partial charge in [-0.25, -0.2) is 13.8 Å². The van der Waals surface area contributed by atoms with Crippen molar-refractivity contribution >= 4 is 34.2 Å². The molecule has 2 heterocycles. The molecule has 38 heavy (non-hydrogen) atoms. The molecule has 2 amide bonds. The van der Waals surface area contributed by atoms with Crippen molar-refractivity contribution in [3.8, 4) is 23.1 Å². The number of benzene rings is 2. The molecular formula is C27H22F2N4O5. The number of nitrogens with one attached hydrogen (secondary N) is 2. The zero-order valence-electron chi connectivity index (χ0n) is 20.4. The number of rotatable bonds is 8. The van der Waals surface area contributed by atoms with Gasteiger partial charge in [0.25, 0.3) is 5.88 Å². The fourth-order valence-corrected chi connectivity index (χ4v) is 3.88. The average Bonchev–Trinajstić information content (AvgIpc) is 3.73. The summed E-state index contributed by atoms with van der Waals surface area (Å²) in [5.74, 6) is -1.52. The van der Waals surface area contributed by atoms with Gasteiger partial charge in [0.1, 0.15) is 16.7 Å². The molecule has 1 aliphatic rings. The highest BCUT2D eigenvalue weighted by Gasteiger charge is 2.56. The molecule has 9 nitrogen and oxygen atoms in total. The predicted molar refractivity (Wildman–Crippen MR) is 134 cm³/mol. The second-order valence-corrected chi connectivity index (χ2v) is 8.62. The molecule has 2 aromatic heterocycles. The highest BCUT2D eigenvalue weighted by Crippen LogP contribution is 2.47. The summed E-state index contributed by atoms with van der Waals surface area (Å²) in [4.78, 5) is 34.3. The van der Waals surface area contributed by atoms with Crippen LogP contribution in [0.25, 0.3) is 11.0 Å². The van der Waals surface area contributed by atoms with Crippen LogP contribution in [0.4, 0.5) is 20.2 Å². The SMILES string of the molecule is COc1cc2nccc(Oc3ccc(NC(=O)C4(C(=O)Nc5ccc(F)cc5)CC4)cc3F)c2nc1OC. The van der Waals surface area contributed by atoms with Crippen molar-refractivity contribution in [1.29, 1.82) is 0 Å². The zero-order valence-corrected chi connectivity index (χ0v) is 20.4. The number of halogens is 2. The maximum atomic E-state index is 15.0. The van der Waals surface area contributed by atoms with Crippen LogP contribution in [0, 0.1) is 17.0 Å². The van der Waals surface area contributed by atoms with Gasteiger partial charge in [-0.15, -0.1) is 0 Å². The Bertz CT molecular complexity index is 1540. The summed E-state index contributed by atoms with van der Waals surface area (Å²) in [5.41, 5.74) is 0.0480. The summed E-state index contributed by atoms with van der Waals surface area (Å²) in [5, 5.41) is 5.23. The first-order chi connectivity index (χ1) is 18.3. The van der Waals surface area contributed by atoms with Crippen LogP contribution in [-0.2, 0) is 9.59 Å². The van der Waals surface area contributed by atoms with Crippen LogP contribution in [0.3, 0.4) is 0 Å². The van der Waals surface area contributed by atoms with Gasteiger partial charge < -0.3 is 24.8 Å². The van der Waals surface area contributed by atoms with Crippen LogP contribution in [0.5, 0.6) is 23.1 Å². The molecule has 1 fully saturated rings. The number of amides is 2. The Labute approximate surface area is 215 Å². The molecule has 1 saturated carbocycles. The summed E-state index contributed by atoms with van der Waals surface area (Å²) in [6.45, 7) is 0. The van der Waals surface area contributed by atoms with Crippen molar-refractivity contribution in [1.82, 2.24) is 9.97 Å². The molecule has 1 aliphatic carbocycles. The lowest BCUT2D eigenvalue weighted by Crippen LogP contribution is -2.35. The van der Waals surface area contributed by atoms with E-state index in [0.717, 1.165) is 6.07 Å². The fourth-order valence-electron chi connectivity index (χ4n) is 3.88. The van der Waals surface area contributed by atoms with Crippen LogP contribution in [-0.4, -0.2) is 36.0 Å². The Hall–Kier alpha value is -4.80. The molecule has 4 aromatic rings. The van der Waals surface area contributed by atoms with E-state index in [4.69, 9.17) is 14.2 Å². The second kappa shape index (κ2) is 9.92. The smallest absolute Gasteiger partial charge is 0.257 e. The number of nitrogens with zero attached hydrogens (tertiary/aromatic N) is 2. The zero-order chi connectivity index (χ0) is 26.9. The minimum Gasteiger partial charge on any atom is -0.491 e. The largest absolute Gasteiger partial charge is 0.491 e. The third-order valence-corrected chi connectivity index (χ3v) is 6.15. The third kappa shape index (κ3) is 4.77. The first kappa shape index (κ1) is 24.9. The maximum absolute atomic E-state index is 15.0. The highest BCUT2D eigenvalue weighted by atomic mass is 19.1. The lowest BCUT2D eigenvalue weighted by atomic mass is 10.0. The van der Waals surface area contributed by atoms with Crippen LogP contribution in [0.2, 0.25) is 0 Å². The fraction of sp³-hybridized carbons (Fsp3) is 0.185. The van der Waals surface area contributed by atoms with Crippen molar-refractivity contribution < 1.29 is 32.6 Å². The van der Waals surface area contributed by atoms with E-state index in [0.29, 0.717) is 35.3 Å². The lowest BCUT2D eigenvalue weighted by Gasteiger charge is -2.16. The van der Waals surface area contributed by atoms with Crippen LogP contribution < -0.4 is 24.8 Å². The topological polar surface area (TPSA) is 112 Å². The number of hydrogen-bond donors (Lipinski definition) is 2.